The zero-order valence-electron chi connectivity index (χ0n) is 22.6. The largest absolute Gasteiger partial charge is 0.444 e. The van der Waals surface area contributed by atoms with Crippen LogP contribution in [0.4, 0.5) is 67.1 Å². The Morgan fingerprint density at radius 3 is 1.07 bits per heavy atom. The summed E-state index contributed by atoms with van der Waals surface area (Å²) in [5.74, 6) is 0. The van der Waals surface area contributed by atoms with Crippen LogP contribution < -0.4 is 5.32 Å². The van der Waals surface area contributed by atoms with Gasteiger partial charge in [0.05, 0.1) is 0 Å². The Morgan fingerprint density at radius 1 is 0.533 bits per heavy atom. The third-order valence-electron chi connectivity index (χ3n) is 5.19. The monoisotopic (exact) mass is 692 g/mol. The lowest BCUT2D eigenvalue weighted by Gasteiger charge is -2.35. The molecule has 22 heteroatoms. The summed E-state index contributed by atoms with van der Waals surface area (Å²) in [6.45, 7) is 4.71. The maximum absolute atomic E-state index is 12.4. The first-order valence-corrected chi connectivity index (χ1v) is 12.1. The minimum Gasteiger partial charge on any atom is -0.444 e. The zero-order valence-corrected chi connectivity index (χ0v) is 22.6. The van der Waals surface area contributed by atoms with E-state index in [1.54, 1.807) is 20.8 Å². The minimum absolute atomic E-state index is 0. The SMILES string of the molecule is C.C.CC(C)(C)OC(=O)N1CCN(C(=O)OC(C(F)(F)F)C(F)(F)F)CC1.O=C(OC(C(F)(F)F)C(F)(F)F)N1CCNCC1. The second kappa shape index (κ2) is 16.5. The molecule has 0 atom stereocenters. The van der Waals surface area contributed by atoms with Crippen molar-refractivity contribution in [1.82, 2.24) is 20.0 Å². The van der Waals surface area contributed by atoms with Crippen LogP contribution in [-0.4, -0.2) is 128 Å². The number of carbonyl (C=O) groups excluding carboxylic acids is 3. The molecule has 2 heterocycles. The van der Waals surface area contributed by atoms with Gasteiger partial charge in [-0.1, -0.05) is 14.9 Å². The number of alkyl halides is 12. The molecule has 0 spiro atoms. The van der Waals surface area contributed by atoms with Gasteiger partial charge in [0.2, 0.25) is 0 Å². The van der Waals surface area contributed by atoms with Gasteiger partial charge in [-0.2, -0.15) is 52.7 Å². The summed E-state index contributed by atoms with van der Waals surface area (Å²) in [6.07, 6.45) is -35.2. The molecule has 1 N–H and O–H groups in total. The molecule has 2 fully saturated rings. The number of rotatable bonds is 2. The summed E-state index contributed by atoms with van der Waals surface area (Å²) in [6, 6.07) is 0. The third kappa shape index (κ3) is 15.2. The van der Waals surface area contributed by atoms with Gasteiger partial charge in [0.1, 0.15) is 5.60 Å². The van der Waals surface area contributed by atoms with Crippen molar-refractivity contribution >= 4 is 18.3 Å². The lowest BCUT2D eigenvalue weighted by molar-refractivity contribution is -0.309. The van der Waals surface area contributed by atoms with E-state index in [9.17, 15) is 67.1 Å². The molecule has 0 unspecified atom stereocenters. The van der Waals surface area contributed by atoms with E-state index in [0.717, 1.165) is 4.90 Å². The fourth-order valence-electron chi connectivity index (χ4n) is 3.23. The first kappa shape index (κ1) is 44.1. The Kier molecular flexibility index (Phi) is 16.1. The van der Waals surface area contributed by atoms with E-state index in [-0.39, 0.29) is 67.2 Å². The van der Waals surface area contributed by atoms with Crippen LogP contribution in [0.3, 0.4) is 0 Å². The molecule has 2 aliphatic rings. The van der Waals surface area contributed by atoms with Crippen molar-refractivity contribution in [2.24, 2.45) is 0 Å². The Hall–Kier alpha value is -3.07. The predicted octanol–water partition coefficient (Wildman–Crippen LogP) is 5.96. The van der Waals surface area contributed by atoms with Crippen molar-refractivity contribution in [1.29, 1.82) is 0 Å². The number of piperazine rings is 2. The summed E-state index contributed by atoms with van der Waals surface area (Å²) in [5, 5.41) is 2.79. The lowest BCUT2D eigenvalue weighted by Crippen LogP contribution is -2.54. The predicted molar refractivity (Wildman–Crippen MR) is 132 cm³/mol. The Bertz CT molecular complexity index is 909. The molecule has 0 bridgehead atoms. The highest BCUT2D eigenvalue weighted by Crippen LogP contribution is 2.37. The standard InChI is InChI=1S/C13H18F6N2O4.C8H10F6N2O2.2CH4/c1-11(2,3)25-10(23)21-6-4-20(5-7-21)9(22)24-8(12(14,15)16)13(17,18)19;9-7(10,11)5(8(12,13)14)18-6(17)16-3-1-15-2-4-16;;/h8H,4-7H2,1-3H3;5,15H,1-4H2;2*1H4. The first-order valence-electron chi connectivity index (χ1n) is 12.1. The molecule has 0 aromatic carbocycles. The van der Waals surface area contributed by atoms with Gasteiger partial charge in [-0.3, -0.25) is 0 Å². The molecule has 2 saturated heterocycles. The van der Waals surface area contributed by atoms with Crippen molar-refractivity contribution < 1.29 is 81.3 Å². The van der Waals surface area contributed by atoms with Crippen LogP contribution in [0.1, 0.15) is 35.6 Å². The van der Waals surface area contributed by atoms with Gasteiger partial charge in [0, 0.05) is 52.4 Å². The summed E-state index contributed by atoms with van der Waals surface area (Å²) >= 11 is 0. The number of ether oxygens (including phenoxy) is 3. The second-order valence-electron chi connectivity index (χ2n) is 9.89. The molecule has 2 aliphatic heterocycles. The Balaban J connectivity index is 0. The third-order valence-corrected chi connectivity index (χ3v) is 5.19. The molecule has 45 heavy (non-hydrogen) atoms. The molecule has 2 rings (SSSR count). The molecule has 0 aromatic heterocycles. The number of hydrogen-bond donors (Lipinski definition) is 1. The highest BCUT2D eigenvalue weighted by molar-refractivity contribution is 5.70. The topological polar surface area (TPSA) is 101 Å². The van der Waals surface area contributed by atoms with Crippen LogP contribution in [0.5, 0.6) is 0 Å². The van der Waals surface area contributed by atoms with Crippen molar-refractivity contribution in [2.75, 3.05) is 52.4 Å². The fourth-order valence-corrected chi connectivity index (χ4v) is 3.23. The minimum atomic E-state index is -5.77. The average Bonchev–Trinajstić information content (AvgIpc) is 2.82. The summed E-state index contributed by atoms with van der Waals surface area (Å²) in [5.41, 5.74) is -0.764. The van der Waals surface area contributed by atoms with Crippen LogP contribution in [0.25, 0.3) is 0 Å². The van der Waals surface area contributed by atoms with Gasteiger partial charge in [-0.15, -0.1) is 0 Å². The molecule has 0 saturated carbocycles. The van der Waals surface area contributed by atoms with Crippen molar-refractivity contribution in [2.45, 2.75) is 78.1 Å². The van der Waals surface area contributed by atoms with Crippen LogP contribution >= 0.6 is 0 Å². The van der Waals surface area contributed by atoms with Crippen LogP contribution in [0.15, 0.2) is 0 Å². The van der Waals surface area contributed by atoms with Crippen LogP contribution in [-0.2, 0) is 14.2 Å². The van der Waals surface area contributed by atoms with Crippen LogP contribution in [0, 0.1) is 0 Å². The zero-order chi connectivity index (χ0) is 33.6. The molecular formula is C23H36F12N4O6. The summed E-state index contributed by atoms with van der Waals surface area (Å²) < 4.78 is 159. The molecule has 10 nitrogen and oxygen atoms in total. The van der Waals surface area contributed by atoms with Crippen molar-refractivity contribution in [3.63, 3.8) is 0 Å². The highest BCUT2D eigenvalue weighted by Gasteiger charge is 2.61. The fraction of sp³-hybridized carbons (Fsp3) is 0.870. The van der Waals surface area contributed by atoms with E-state index in [2.05, 4.69) is 14.8 Å². The number of hydrogen-bond acceptors (Lipinski definition) is 7. The van der Waals surface area contributed by atoms with Gasteiger partial charge in [-0.25, -0.2) is 14.4 Å². The molecule has 0 aliphatic carbocycles. The van der Waals surface area contributed by atoms with E-state index in [1.807, 2.05) is 0 Å². The summed E-state index contributed by atoms with van der Waals surface area (Å²) in [4.78, 5) is 37.2. The number of nitrogens with zero attached hydrogens (tertiary/aromatic N) is 3. The van der Waals surface area contributed by atoms with Crippen LogP contribution in [0.2, 0.25) is 0 Å². The van der Waals surface area contributed by atoms with E-state index in [4.69, 9.17) is 4.74 Å². The van der Waals surface area contributed by atoms with Gasteiger partial charge in [0.25, 0.3) is 12.2 Å². The average molecular weight is 693 g/mol. The number of amides is 3. The van der Waals surface area contributed by atoms with Gasteiger partial charge >= 0.3 is 43.0 Å². The molecule has 0 aromatic rings. The van der Waals surface area contributed by atoms with E-state index < -0.39 is 60.8 Å². The number of nitrogens with one attached hydrogen (secondary N) is 1. The van der Waals surface area contributed by atoms with Crippen molar-refractivity contribution in [3.05, 3.63) is 0 Å². The number of carbonyl (C=O) groups is 3. The highest BCUT2D eigenvalue weighted by atomic mass is 19.4. The maximum Gasteiger partial charge on any atom is 0.434 e. The van der Waals surface area contributed by atoms with E-state index in [1.165, 1.54) is 4.90 Å². The maximum atomic E-state index is 12.4. The molecule has 3 amide bonds. The second-order valence-corrected chi connectivity index (χ2v) is 9.89. The van der Waals surface area contributed by atoms with Gasteiger partial charge < -0.3 is 34.2 Å². The van der Waals surface area contributed by atoms with Crippen molar-refractivity contribution in [3.8, 4) is 0 Å². The Labute approximate surface area is 250 Å². The summed E-state index contributed by atoms with van der Waals surface area (Å²) in [7, 11) is 0. The van der Waals surface area contributed by atoms with Gasteiger partial charge in [-0.05, 0) is 20.8 Å². The Morgan fingerprint density at radius 2 is 0.800 bits per heavy atom. The smallest absolute Gasteiger partial charge is 0.434 e. The van der Waals surface area contributed by atoms with E-state index >= 15 is 0 Å². The quantitative estimate of drug-likeness (QED) is 0.282. The number of halogens is 12. The normalized spacial score (nSPS) is 16.6. The van der Waals surface area contributed by atoms with E-state index in [0.29, 0.717) is 4.90 Å². The lowest BCUT2D eigenvalue weighted by atomic mass is 10.2. The van der Waals surface area contributed by atoms with Gasteiger partial charge in [0.15, 0.2) is 0 Å². The first-order chi connectivity index (χ1) is 19.2. The molecular weight excluding hydrogens is 656 g/mol. The molecule has 0 radical (unpaired) electrons. The molecule has 268 valence electrons.